The number of rotatable bonds is 3. The first kappa shape index (κ1) is 13.3. The lowest BCUT2D eigenvalue weighted by molar-refractivity contribution is -0.139. The number of alkyl halides is 3. The molecule has 0 aliphatic heterocycles. The van der Waals surface area contributed by atoms with Gasteiger partial charge in [-0.15, -0.1) is 0 Å². The fourth-order valence-corrected chi connectivity index (χ4v) is 1.57. The molecule has 1 aromatic rings. The summed E-state index contributed by atoms with van der Waals surface area (Å²) in [5, 5.41) is 7.88. The Morgan fingerprint density at radius 1 is 1.25 bits per heavy atom. The maximum atomic E-state index is 13.5. The van der Waals surface area contributed by atoms with Crippen LogP contribution in [0.4, 0.5) is 17.6 Å². The van der Waals surface area contributed by atoms with Gasteiger partial charge in [0.05, 0.1) is 5.02 Å². The molecule has 1 N–H and O–H groups in total. The van der Waals surface area contributed by atoms with Crippen molar-refractivity contribution >= 4 is 11.6 Å². The van der Waals surface area contributed by atoms with E-state index in [2.05, 4.69) is 0 Å². The summed E-state index contributed by atoms with van der Waals surface area (Å²) >= 11 is 5.31. The van der Waals surface area contributed by atoms with Crippen molar-refractivity contribution < 1.29 is 22.7 Å². The predicted octanol–water partition coefficient (Wildman–Crippen LogP) is 3.42. The van der Waals surface area contributed by atoms with Gasteiger partial charge in [0, 0.05) is 6.61 Å². The van der Waals surface area contributed by atoms with Crippen LogP contribution in [0, 0.1) is 5.82 Å². The molecule has 1 nitrogen and oxygen atoms in total. The Labute approximate surface area is 94.7 Å². The van der Waals surface area contributed by atoms with E-state index in [9.17, 15) is 17.6 Å². The minimum atomic E-state index is -4.81. The molecule has 0 aliphatic rings. The van der Waals surface area contributed by atoms with Crippen LogP contribution in [-0.2, 0) is 12.6 Å². The number of aliphatic hydroxyl groups is 1. The normalized spacial score (nSPS) is 11.9. The fourth-order valence-electron chi connectivity index (χ4n) is 1.32. The van der Waals surface area contributed by atoms with Crippen LogP contribution >= 0.6 is 11.6 Å². The zero-order chi connectivity index (χ0) is 12.3. The lowest BCUT2D eigenvalue weighted by Gasteiger charge is -2.12. The highest BCUT2D eigenvalue weighted by Gasteiger charge is 2.37. The molecular weight excluding hydrogens is 248 g/mol. The van der Waals surface area contributed by atoms with E-state index >= 15 is 0 Å². The van der Waals surface area contributed by atoms with Crippen LogP contribution < -0.4 is 0 Å². The summed E-state index contributed by atoms with van der Waals surface area (Å²) in [7, 11) is 0. The molecule has 0 heterocycles. The van der Waals surface area contributed by atoms with E-state index in [1.807, 2.05) is 0 Å². The Kier molecular flexibility index (Phi) is 4.15. The van der Waals surface area contributed by atoms with Gasteiger partial charge in [-0.1, -0.05) is 17.7 Å². The molecule has 0 radical (unpaired) electrons. The first-order valence-electron chi connectivity index (χ1n) is 4.53. The number of aryl methyl sites for hydroxylation is 1. The van der Waals surface area contributed by atoms with Crippen LogP contribution in [0.15, 0.2) is 12.1 Å². The van der Waals surface area contributed by atoms with Crippen molar-refractivity contribution in [2.45, 2.75) is 19.0 Å². The average molecular weight is 257 g/mol. The van der Waals surface area contributed by atoms with Crippen molar-refractivity contribution in [1.29, 1.82) is 0 Å². The van der Waals surface area contributed by atoms with Gasteiger partial charge in [0.25, 0.3) is 0 Å². The minimum Gasteiger partial charge on any atom is -0.396 e. The van der Waals surface area contributed by atoms with Crippen molar-refractivity contribution in [3.8, 4) is 0 Å². The van der Waals surface area contributed by atoms with Gasteiger partial charge >= 0.3 is 6.18 Å². The van der Waals surface area contributed by atoms with Gasteiger partial charge in [-0.25, -0.2) is 4.39 Å². The van der Waals surface area contributed by atoms with Gasteiger partial charge in [-0.3, -0.25) is 0 Å². The molecule has 0 spiro atoms. The highest BCUT2D eigenvalue weighted by Crippen LogP contribution is 2.37. The van der Waals surface area contributed by atoms with Crippen LogP contribution in [0.3, 0.4) is 0 Å². The smallest absolute Gasteiger partial charge is 0.396 e. The van der Waals surface area contributed by atoms with Crippen LogP contribution in [0.1, 0.15) is 17.5 Å². The zero-order valence-electron chi connectivity index (χ0n) is 8.11. The number of hydrogen-bond donors (Lipinski definition) is 1. The van der Waals surface area contributed by atoms with E-state index in [1.54, 1.807) is 0 Å². The van der Waals surface area contributed by atoms with Crippen LogP contribution in [-0.4, -0.2) is 11.7 Å². The standard InChI is InChI=1S/C10H9ClF4O/c11-7-4-3-6(2-1-5-16)9(12)8(7)10(13,14)15/h3-4,16H,1-2,5H2. The summed E-state index contributed by atoms with van der Waals surface area (Å²) in [6.07, 6.45) is -4.56. The van der Waals surface area contributed by atoms with Crippen molar-refractivity contribution in [1.82, 2.24) is 0 Å². The van der Waals surface area contributed by atoms with Crippen LogP contribution in [0.2, 0.25) is 5.02 Å². The Morgan fingerprint density at radius 3 is 2.38 bits per heavy atom. The molecule has 90 valence electrons. The Morgan fingerprint density at radius 2 is 1.88 bits per heavy atom. The molecule has 0 saturated heterocycles. The summed E-state index contributed by atoms with van der Waals surface area (Å²) < 4.78 is 50.8. The van der Waals surface area contributed by atoms with E-state index < -0.39 is 22.6 Å². The Balaban J connectivity index is 3.17. The zero-order valence-corrected chi connectivity index (χ0v) is 8.87. The molecule has 0 aromatic heterocycles. The molecule has 0 amide bonds. The van der Waals surface area contributed by atoms with Crippen LogP contribution in [0.25, 0.3) is 0 Å². The van der Waals surface area contributed by atoms with E-state index in [-0.39, 0.29) is 25.0 Å². The summed E-state index contributed by atoms with van der Waals surface area (Å²) in [5.74, 6) is -1.35. The third kappa shape index (κ3) is 2.86. The summed E-state index contributed by atoms with van der Waals surface area (Å²) in [5.41, 5.74) is -1.53. The third-order valence-electron chi connectivity index (χ3n) is 2.06. The SMILES string of the molecule is OCCCc1ccc(Cl)c(C(F)(F)F)c1F. The second-order valence-corrected chi connectivity index (χ2v) is 3.63. The second-order valence-electron chi connectivity index (χ2n) is 3.22. The van der Waals surface area contributed by atoms with Gasteiger partial charge < -0.3 is 5.11 Å². The highest BCUT2D eigenvalue weighted by molar-refractivity contribution is 6.31. The molecule has 0 saturated carbocycles. The molecule has 0 aliphatic carbocycles. The van der Waals surface area contributed by atoms with Gasteiger partial charge in [-0.2, -0.15) is 13.2 Å². The third-order valence-corrected chi connectivity index (χ3v) is 2.37. The molecule has 1 aromatic carbocycles. The van der Waals surface area contributed by atoms with Crippen molar-refractivity contribution in [3.63, 3.8) is 0 Å². The molecule has 0 unspecified atom stereocenters. The quantitative estimate of drug-likeness (QED) is 0.822. The summed E-state index contributed by atoms with van der Waals surface area (Å²) in [6, 6.07) is 2.21. The van der Waals surface area contributed by atoms with Gasteiger partial charge in [0.2, 0.25) is 0 Å². The number of aliphatic hydroxyl groups excluding tert-OH is 1. The number of benzene rings is 1. The fraction of sp³-hybridized carbons (Fsp3) is 0.400. The largest absolute Gasteiger partial charge is 0.420 e. The monoisotopic (exact) mass is 256 g/mol. The first-order chi connectivity index (χ1) is 7.38. The second kappa shape index (κ2) is 5.01. The van der Waals surface area contributed by atoms with Crippen LogP contribution in [0.5, 0.6) is 0 Å². The molecule has 6 heteroatoms. The Hall–Kier alpha value is -0.810. The molecule has 1 rings (SSSR count). The van der Waals surface area contributed by atoms with Gasteiger partial charge in [0.15, 0.2) is 0 Å². The number of halogens is 5. The molecule has 16 heavy (non-hydrogen) atoms. The van der Waals surface area contributed by atoms with Crippen molar-refractivity contribution in [2.75, 3.05) is 6.61 Å². The van der Waals surface area contributed by atoms with E-state index in [0.717, 1.165) is 6.07 Å². The maximum absolute atomic E-state index is 13.5. The summed E-state index contributed by atoms with van der Waals surface area (Å²) in [6.45, 7) is -0.205. The lowest BCUT2D eigenvalue weighted by atomic mass is 10.0. The minimum absolute atomic E-state index is 0.0442. The molecule has 0 fully saturated rings. The van der Waals surface area contributed by atoms with Crippen molar-refractivity contribution in [3.05, 3.63) is 34.1 Å². The number of hydrogen-bond acceptors (Lipinski definition) is 1. The molecule has 0 atom stereocenters. The summed E-state index contributed by atoms with van der Waals surface area (Å²) in [4.78, 5) is 0. The Bertz CT molecular complexity index is 376. The topological polar surface area (TPSA) is 20.2 Å². The molecule has 0 bridgehead atoms. The highest BCUT2D eigenvalue weighted by atomic mass is 35.5. The predicted molar refractivity (Wildman–Crippen MR) is 51.8 cm³/mol. The average Bonchev–Trinajstić information content (AvgIpc) is 2.14. The first-order valence-corrected chi connectivity index (χ1v) is 4.90. The van der Waals surface area contributed by atoms with Crippen molar-refractivity contribution in [2.24, 2.45) is 0 Å². The lowest BCUT2D eigenvalue weighted by Crippen LogP contribution is -2.11. The van der Waals surface area contributed by atoms with E-state index in [1.165, 1.54) is 6.07 Å². The van der Waals surface area contributed by atoms with Gasteiger partial charge in [-0.05, 0) is 24.5 Å². The van der Waals surface area contributed by atoms with Gasteiger partial charge in [0.1, 0.15) is 11.4 Å². The van der Waals surface area contributed by atoms with E-state index in [4.69, 9.17) is 16.7 Å². The maximum Gasteiger partial charge on any atom is 0.420 e. The molecular formula is C10H9ClF4O. The van der Waals surface area contributed by atoms with E-state index in [0.29, 0.717) is 0 Å².